The third-order valence-electron chi connectivity index (χ3n) is 5.19. The summed E-state index contributed by atoms with van der Waals surface area (Å²) in [5.41, 5.74) is 7.44. The number of hydrogen-bond donors (Lipinski definition) is 0. The smallest absolute Gasteiger partial charge is 0.0247 e. The summed E-state index contributed by atoms with van der Waals surface area (Å²) in [6.07, 6.45) is 11.9. The molecule has 1 unspecified atom stereocenters. The van der Waals surface area contributed by atoms with Crippen LogP contribution >= 0.6 is 0 Å². The highest BCUT2D eigenvalue weighted by Crippen LogP contribution is 2.29. The highest BCUT2D eigenvalue weighted by Gasteiger charge is 2.18. The van der Waals surface area contributed by atoms with Crippen LogP contribution in [0.15, 0.2) is 48.5 Å². The van der Waals surface area contributed by atoms with Gasteiger partial charge in [0.2, 0.25) is 0 Å². The summed E-state index contributed by atoms with van der Waals surface area (Å²) < 4.78 is 0. The van der Waals surface area contributed by atoms with Gasteiger partial charge in [-0.15, -0.1) is 0 Å². The van der Waals surface area contributed by atoms with Gasteiger partial charge in [0.1, 0.15) is 0 Å². The third-order valence-corrected chi connectivity index (χ3v) is 5.19. The van der Waals surface area contributed by atoms with Crippen molar-refractivity contribution < 1.29 is 0 Å². The average molecular weight is 304 g/mol. The van der Waals surface area contributed by atoms with E-state index in [2.05, 4.69) is 68.5 Å². The Hall–Kier alpha value is -1.82. The Morgan fingerprint density at radius 3 is 2.52 bits per heavy atom. The average Bonchev–Trinajstić information content (AvgIpc) is 2.60. The van der Waals surface area contributed by atoms with E-state index in [1.165, 1.54) is 48.8 Å². The van der Waals surface area contributed by atoms with Gasteiger partial charge in [-0.25, -0.2) is 0 Å². The Morgan fingerprint density at radius 1 is 1.00 bits per heavy atom. The Balaban J connectivity index is 1.58. The van der Waals surface area contributed by atoms with Crippen LogP contribution < -0.4 is 0 Å². The first-order chi connectivity index (χ1) is 11.3. The Kier molecular flexibility index (Phi) is 5.33. The van der Waals surface area contributed by atoms with Crippen molar-refractivity contribution >= 4 is 6.08 Å². The number of fused-ring (bicyclic) bond motifs is 1. The fourth-order valence-electron chi connectivity index (χ4n) is 3.71. The van der Waals surface area contributed by atoms with Crippen molar-refractivity contribution in [2.24, 2.45) is 5.92 Å². The zero-order chi connectivity index (χ0) is 16.1. The van der Waals surface area contributed by atoms with Gasteiger partial charge < -0.3 is 0 Å². The molecule has 1 aliphatic carbocycles. The topological polar surface area (TPSA) is 0 Å². The van der Waals surface area contributed by atoms with Gasteiger partial charge in [0.25, 0.3) is 0 Å². The van der Waals surface area contributed by atoms with E-state index in [9.17, 15) is 0 Å². The minimum atomic E-state index is 0.848. The molecule has 0 saturated carbocycles. The first-order valence-electron chi connectivity index (χ1n) is 9.10. The van der Waals surface area contributed by atoms with E-state index < -0.39 is 0 Å². The van der Waals surface area contributed by atoms with Crippen LogP contribution in [0.3, 0.4) is 0 Å². The van der Waals surface area contributed by atoms with E-state index >= 15 is 0 Å². The number of rotatable bonds is 5. The maximum Gasteiger partial charge on any atom is -0.0247 e. The second-order valence-electron chi connectivity index (χ2n) is 6.85. The number of aryl methyl sites for hydroxylation is 3. The lowest BCUT2D eigenvalue weighted by Crippen LogP contribution is -2.15. The van der Waals surface area contributed by atoms with Gasteiger partial charge in [0.05, 0.1) is 0 Å². The molecule has 0 amide bonds. The van der Waals surface area contributed by atoms with Crippen LogP contribution in [0.2, 0.25) is 0 Å². The molecule has 3 rings (SSSR count). The zero-order valence-electron chi connectivity index (χ0n) is 14.5. The molecular weight excluding hydrogens is 276 g/mol. The third kappa shape index (κ3) is 4.13. The van der Waals surface area contributed by atoms with Crippen LogP contribution in [0.5, 0.6) is 0 Å². The largest absolute Gasteiger partial charge is 0.0871 e. The second-order valence-corrected chi connectivity index (χ2v) is 6.85. The minimum absolute atomic E-state index is 0.848. The van der Waals surface area contributed by atoms with Crippen molar-refractivity contribution in [3.05, 3.63) is 76.4 Å². The molecule has 0 nitrogen and oxygen atoms in total. The highest BCUT2D eigenvalue weighted by atomic mass is 14.2. The first kappa shape index (κ1) is 16.1. The van der Waals surface area contributed by atoms with Crippen molar-refractivity contribution in [1.82, 2.24) is 0 Å². The zero-order valence-corrected chi connectivity index (χ0v) is 14.5. The molecule has 0 N–H and O–H groups in total. The normalized spacial score (nSPS) is 17.4. The molecule has 1 atom stereocenters. The maximum absolute atomic E-state index is 2.38. The Bertz CT molecular complexity index is 661. The Labute approximate surface area is 141 Å². The molecule has 0 heterocycles. The molecule has 23 heavy (non-hydrogen) atoms. The minimum Gasteiger partial charge on any atom is -0.0871 e. The van der Waals surface area contributed by atoms with E-state index in [-0.39, 0.29) is 0 Å². The molecule has 1 aliphatic rings. The van der Waals surface area contributed by atoms with E-state index in [0.29, 0.717) is 0 Å². The summed E-state index contributed by atoms with van der Waals surface area (Å²) in [4.78, 5) is 0. The number of allylic oxidation sites excluding steroid dienone is 1. The molecule has 0 aliphatic heterocycles. The van der Waals surface area contributed by atoms with Crippen LogP contribution in [-0.2, 0) is 25.7 Å². The molecule has 2 aromatic rings. The van der Waals surface area contributed by atoms with E-state index in [1.54, 1.807) is 11.1 Å². The van der Waals surface area contributed by atoms with E-state index in [4.69, 9.17) is 0 Å². The van der Waals surface area contributed by atoms with Gasteiger partial charge in [-0.3, -0.25) is 0 Å². The molecule has 0 saturated heterocycles. The summed E-state index contributed by atoms with van der Waals surface area (Å²) in [5, 5.41) is 0. The molecule has 120 valence electrons. The van der Waals surface area contributed by atoms with Gasteiger partial charge in [-0.05, 0) is 79.2 Å². The van der Waals surface area contributed by atoms with Crippen molar-refractivity contribution in [1.29, 1.82) is 0 Å². The monoisotopic (exact) mass is 304 g/mol. The van der Waals surface area contributed by atoms with Gasteiger partial charge in [0.15, 0.2) is 0 Å². The van der Waals surface area contributed by atoms with Crippen LogP contribution in [0, 0.1) is 5.92 Å². The lowest BCUT2D eigenvalue weighted by molar-refractivity contribution is 0.427. The molecule has 0 spiro atoms. The molecule has 0 fully saturated rings. The van der Waals surface area contributed by atoms with Crippen molar-refractivity contribution in [3.8, 4) is 0 Å². The summed E-state index contributed by atoms with van der Waals surface area (Å²) in [6.45, 7) is 4.30. The van der Waals surface area contributed by atoms with Crippen molar-refractivity contribution in [2.75, 3.05) is 0 Å². The van der Waals surface area contributed by atoms with Gasteiger partial charge >= 0.3 is 0 Å². The predicted molar refractivity (Wildman–Crippen MR) is 101 cm³/mol. The van der Waals surface area contributed by atoms with Crippen LogP contribution in [0.4, 0.5) is 0 Å². The van der Waals surface area contributed by atoms with E-state index in [1.807, 2.05) is 0 Å². The molecule has 2 aromatic carbocycles. The second kappa shape index (κ2) is 7.64. The first-order valence-corrected chi connectivity index (χ1v) is 9.10. The Morgan fingerprint density at radius 2 is 1.78 bits per heavy atom. The standard InChI is InChI=1S/C23H28/c1-3-5-20-12-14-23-17-21(13-15-22(23)16-20)11-10-19-8-6-18(4-2)7-9-19/h3,5-9,12,14,16,21H,4,10-11,13,15,17H2,1-2H3/b5-3+. The highest BCUT2D eigenvalue weighted by molar-refractivity contribution is 5.52. The van der Waals surface area contributed by atoms with Crippen LogP contribution in [0.25, 0.3) is 6.08 Å². The van der Waals surface area contributed by atoms with Crippen molar-refractivity contribution in [3.63, 3.8) is 0 Å². The maximum atomic E-state index is 2.38. The molecule has 0 aromatic heterocycles. The van der Waals surface area contributed by atoms with Crippen LogP contribution in [-0.4, -0.2) is 0 Å². The fraction of sp³-hybridized carbons (Fsp3) is 0.391. The molecule has 0 heteroatoms. The summed E-state index contributed by atoms with van der Waals surface area (Å²) in [7, 11) is 0. The molecular formula is C23H28. The number of hydrogen-bond acceptors (Lipinski definition) is 0. The summed E-state index contributed by atoms with van der Waals surface area (Å²) >= 11 is 0. The SMILES string of the molecule is C/C=C/c1ccc2c(c1)CCC(CCc1ccc(CC)cc1)C2. The number of benzene rings is 2. The predicted octanol–water partition coefficient (Wildman–Crippen LogP) is 6.02. The van der Waals surface area contributed by atoms with Gasteiger partial charge in [-0.1, -0.05) is 61.5 Å². The lowest BCUT2D eigenvalue weighted by Gasteiger charge is -2.25. The fourth-order valence-corrected chi connectivity index (χ4v) is 3.71. The summed E-state index contributed by atoms with van der Waals surface area (Å²) in [6, 6.07) is 16.2. The van der Waals surface area contributed by atoms with Gasteiger partial charge in [0, 0.05) is 0 Å². The van der Waals surface area contributed by atoms with E-state index in [0.717, 1.165) is 12.3 Å². The quantitative estimate of drug-likeness (QED) is 0.633. The molecule has 0 bridgehead atoms. The lowest BCUT2D eigenvalue weighted by atomic mass is 9.80. The summed E-state index contributed by atoms with van der Waals surface area (Å²) in [5.74, 6) is 0.848. The van der Waals surface area contributed by atoms with Crippen molar-refractivity contribution in [2.45, 2.75) is 52.4 Å². The molecule has 0 radical (unpaired) electrons. The van der Waals surface area contributed by atoms with Gasteiger partial charge in [-0.2, -0.15) is 0 Å². The van der Waals surface area contributed by atoms with Crippen LogP contribution in [0.1, 0.15) is 54.5 Å².